The summed E-state index contributed by atoms with van der Waals surface area (Å²) in [6.07, 6.45) is 5.71. The van der Waals surface area contributed by atoms with Gasteiger partial charge in [-0.1, -0.05) is 38.0 Å². The highest BCUT2D eigenvalue weighted by molar-refractivity contribution is 5.88. The predicted octanol–water partition coefficient (Wildman–Crippen LogP) is 3.34. The van der Waals surface area contributed by atoms with E-state index in [1.807, 2.05) is 30.5 Å². The summed E-state index contributed by atoms with van der Waals surface area (Å²) in [6, 6.07) is 8.00. The van der Waals surface area contributed by atoms with Gasteiger partial charge in [-0.25, -0.2) is 0 Å². The van der Waals surface area contributed by atoms with E-state index in [0.29, 0.717) is 5.92 Å². The monoisotopic (exact) mass is 342 g/mol. The molecule has 1 aromatic carbocycles. The molecule has 1 fully saturated rings. The summed E-state index contributed by atoms with van der Waals surface area (Å²) in [6.45, 7) is 3.80. The third-order valence-electron chi connectivity index (χ3n) is 5.13. The fourth-order valence-corrected chi connectivity index (χ4v) is 3.56. The zero-order valence-electron chi connectivity index (χ0n) is 14.9. The van der Waals surface area contributed by atoms with Gasteiger partial charge in [0.15, 0.2) is 6.10 Å². The number of ether oxygens (including phenoxy) is 1. The molecule has 0 aliphatic heterocycles. The molecule has 0 saturated heterocycles. The Hall–Kier alpha value is -2.30. The first-order valence-corrected chi connectivity index (χ1v) is 9.09. The van der Waals surface area contributed by atoms with Crippen LogP contribution in [0, 0.1) is 5.92 Å². The van der Waals surface area contributed by atoms with Crippen molar-refractivity contribution in [1.82, 2.24) is 10.3 Å². The van der Waals surface area contributed by atoms with Crippen molar-refractivity contribution in [3.05, 3.63) is 36.0 Å². The molecule has 2 N–H and O–H groups in total. The van der Waals surface area contributed by atoms with Crippen LogP contribution in [0.25, 0.3) is 10.9 Å². The second kappa shape index (κ2) is 7.72. The van der Waals surface area contributed by atoms with E-state index in [9.17, 15) is 9.59 Å². The zero-order chi connectivity index (χ0) is 17.8. The van der Waals surface area contributed by atoms with Crippen molar-refractivity contribution >= 4 is 22.8 Å². The minimum absolute atomic E-state index is 0.154. The van der Waals surface area contributed by atoms with Gasteiger partial charge in [0, 0.05) is 23.1 Å². The van der Waals surface area contributed by atoms with Gasteiger partial charge in [0.25, 0.3) is 5.91 Å². The standard InChI is InChI=1S/C20H26N2O3/c1-13-7-3-5-9-17(13)22-20(24)14(2)25-19(23)11-15-12-21-18-10-6-4-8-16(15)18/h4,6,8,10,12-14,17,21H,3,5,7,9,11H2,1-2H3,(H,22,24)/t13-,14-,17-/m1/s1. The Labute approximate surface area is 148 Å². The zero-order valence-corrected chi connectivity index (χ0v) is 14.9. The maximum Gasteiger partial charge on any atom is 0.311 e. The van der Waals surface area contributed by atoms with E-state index in [-0.39, 0.29) is 24.3 Å². The van der Waals surface area contributed by atoms with Gasteiger partial charge < -0.3 is 15.0 Å². The topological polar surface area (TPSA) is 71.2 Å². The molecule has 0 spiro atoms. The molecular formula is C20H26N2O3. The van der Waals surface area contributed by atoms with Crippen molar-refractivity contribution in [2.45, 2.75) is 58.1 Å². The number of amides is 1. The number of aromatic nitrogens is 1. The Balaban J connectivity index is 1.54. The normalized spacial score (nSPS) is 21.7. The first-order chi connectivity index (χ1) is 12.0. The van der Waals surface area contributed by atoms with Crippen molar-refractivity contribution in [2.24, 2.45) is 5.92 Å². The number of esters is 1. The third kappa shape index (κ3) is 4.21. The molecule has 1 aromatic heterocycles. The second-order valence-electron chi connectivity index (χ2n) is 7.05. The molecule has 3 rings (SSSR count). The smallest absolute Gasteiger partial charge is 0.311 e. The van der Waals surface area contributed by atoms with Gasteiger partial charge in [0.1, 0.15) is 0 Å². The number of rotatable bonds is 5. The van der Waals surface area contributed by atoms with E-state index in [1.165, 1.54) is 6.42 Å². The highest BCUT2D eigenvalue weighted by atomic mass is 16.5. The third-order valence-corrected chi connectivity index (χ3v) is 5.13. The summed E-state index contributed by atoms with van der Waals surface area (Å²) in [4.78, 5) is 27.7. The lowest BCUT2D eigenvalue weighted by atomic mass is 9.86. The van der Waals surface area contributed by atoms with E-state index < -0.39 is 6.10 Å². The maximum atomic E-state index is 12.3. The molecule has 1 heterocycles. The largest absolute Gasteiger partial charge is 0.452 e. The van der Waals surface area contributed by atoms with Gasteiger partial charge in [-0.05, 0) is 37.3 Å². The van der Waals surface area contributed by atoms with E-state index >= 15 is 0 Å². The number of H-pyrrole nitrogens is 1. The molecular weight excluding hydrogens is 316 g/mol. The van der Waals surface area contributed by atoms with Crippen molar-refractivity contribution in [2.75, 3.05) is 0 Å². The van der Waals surface area contributed by atoms with Crippen LogP contribution in [0.15, 0.2) is 30.5 Å². The van der Waals surface area contributed by atoms with Crippen LogP contribution in [0.1, 0.15) is 45.1 Å². The number of aromatic amines is 1. The van der Waals surface area contributed by atoms with Gasteiger partial charge in [-0.2, -0.15) is 0 Å². The summed E-state index contributed by atoms with van der Waals surface area (Å²) in [5.74, 6) is -0.109. The van der Waals surface area contributed by atoms with E-state index in [0.717, 1.165) is 35.7 Å². The number of para-hydroxylation sites is 1. The van der Waals surface area contributed by atoms with Crippen LogP contribution in [0.5, 0.6) is 0 Å². The number of benzene rings is 1. The number of fused-ring (bicyclic) bond motifs is 1. The molecule has 0 radical (unpaired) electrons. The van der Waals surface area contributed by atoms with Crippen LogP contribution in [0.4, 0.5) is 0 Å². The van der Waals surface area contributed by atoms with Crippen molar-refractivity contribution in [3.63, 3.8) is 0 Å². The number of carbonyl (C=O) groups excluding carboxylic acids is 2. The summed E-state index contributed by atoms with van der Waals surface area (Å²) >= 11 is 0. The fourth-order valence-electron chi connectivity index (χ4n) is 3.56. The van der Waals surface area contributed by atoms with Crippen LogP contribution >= 0.6 is 0 Å². The lowest BCUT2D eigenvalue weighted by molar-refractivity contribution is -0.154. The number of carbonyl (C=O) groups is 2. The summed E-state index contributed by atoms with van der Waals surface area (Å²) in [5.41, 5.74) is 1.87. The lowest BCUT2D eigenvalue weighted by Gasteiger charge is -2.30. The number of nitrogens with one attached hydrogen (secondary N) is 2. The molecule has 1 saturated carbocycles. The first kappa shape index (κ1) is 17.5. The molecule has 3 atom stereocenters. The molecule has 1 aliphatic carbocycles. The van der Waals surface area contributed by atoms with Crippen LogP contribution in [-0.2, 0) is 20.7 Å². The van der Waals surface area contributed by atoms with Gasteiger partial charge in [0.05, 0.1) is 6.42 Å². The average Bonchev–Trinajstić information content (AvgIpc) is 3.00. The SMILES string of the molecule is C[C@@H]1CCCC[C@H]1NC(=O)[C@@H](C)OC(=O)Cc1c[nH]c2ccccc12. The Kier molecular flexibility index (Phi) is 5.41. The molecule has 5 nitrogen and oxygen atoms in total. The second-order valence-corrected chi connectivity index (χ2v) is 7.05. The van der Waals surface area contributed by atoms with Crippen LogP contribution in [0.2, 0.25) is 0 Å². The molecule has 25 heavy (non-hydrogen) atoms. The highest BCUT2D eigenvalue weighted by Gasteiger charge is 2.26. The van der Waals surface area contributed by atoms with Gasteiger partial charge in [-0.15, -0.1) is 0 Å². The lowest BCUT2D eigenvalue weighted by Crippen LogP contribution is -2.46. The quantitative estimate of drug-likeness (QED) is 0.819. The van der Waals surface area contributed by atoms with Crippen LogP contribution < -0.4 is 5.32 Å². The summed E-state index contributed by atoms with van der Waals surface area (Å²) in [7, 11) is 0. The van der Waals surface area contributed by atoms with Crippen molar-refractivity contribution < 1.29 is 14.3 Å². The van der Waals surface area contributed by atoms with E-state index in [2.05, 4.69) is 17.2 Å². The molecule has 134 valence electrons. The highest BCUT2D eigenvalue weighted by Crippen LogP contribution is 2.24. The Bertz CT molecular complexity index is 752. The summed E-state index contributed by atoms with van der Waals surface area (Å²) < 4.78 is 5.35. The van der Waals surface area contributed by atoms with E-state index in [1.54, 1.807) is 6.92 Å². The van der Waals surface area contributed by atoms with E-state index in [4.69, 9.17) is 4.74 Å². The predicted molar refractivity (Wildman–Crippen MR) is 97.1 cm³/mol. The first-order valence-electron chi connectivity index (χ1n) is 9.09. The molecule has 0 unspecified atom stereocenters. The maximum absolute atomic E-state index is 12.3. The minimum atomic E-state index is -0.771. The Morgan fingerprint density at radius 2 is 2.04 bits per heavy atom. The molecule has 5 heteroatoms. The van der Waals surface area contributed by atoms with Gasteiger partial charge in [0.2, 0.25) is 0 Å². The van der Waals surface area contributed by atoms with Crippen molar-refractivity contribution in [1.29, 1.82) is 0 Å². The van der Waals surface area contributed by atoms with Gasteiger partial charge in [-0.3, -0.25) is 9.59 Å². The molecule has 0 bridgehead atoms. The average molecular weight is 342 g/mol. The number of hydrogen-bond donors (Lipinski definition) is 2. The summed E-state index contributed by atoms with van der Waals surface area (Å²) in [5, 5.41) is 4.05. The van der Waals surface area contributed by atoms with Crippen molar-refractivity contribution in [3.8, 4) is 0 Å². The fraction of sp³-hybridized carbons (Fsp3) is 0.500. The number of hydrogen-bond acceptors (Lipinski definition) is 3. The molecule has 1 aliphatic rings. The Morgan fingerprint density at radius 3 is 2.84 bits per heavy atom. The Morgan fingerprint density at radius 1 is 1.28 bits per heavy atom. The molecule has 1 amide bonds. The van der Waals surface area contributed by atoms with Crippen LogP contribution in [-0.4, -0.2) is 29.0 Å². The van der Waals surface area contributed by atoms with Gasteiger partial charge >= 0.3 is 5.97 Å². The minimum Gasteiger partial charge on any atom is -0.452 e. The van der Waals surface area contributed by atoms with Crippen LogP contribution in [0.3, 0.4) is 0 Å². The molecule has 2 aromatic rings.